The van der Waals surface area contributed by atoms with Crippen molar-refractivity contribution in [2.24, 2.45) is 17.3 Å². The predicted molar refractivity (Wildman–Crippen MR) is 180 cm³/mol. The van der Waals surface area contributed by atoms with Crippen LogP contribution in [0.15, 0.2) is 24.3 Å². The highest BCUT2D eigenvalue weighted by molar-refractivity contribution is 7.18. The van der Waals surface area contributed by atoms with Crippen LogP contribution in [0, 0.1) is 42.4 Å². The number of rotatable bonds is 8. The topological polar surface area (TPSA) is 90.1 Å². The lowest BCUT2D eigenvalue weighted by Gasteiger charge is -2.70. The van der Waals surface area contributed by atoms with Crippen LogP contribution in [0.2, 0.25) is 0 Å². The molecule has 2 saturated heterocycles. The molecule has 1 aromatic carbocycles. The third-order valence-corrected chi connectivity index (χ3v) is 12.4. The van der Waals surface area contributed by atoms with Crippen LogP contribution in [-0.2, 0) is 24.3 Å². The number of likely N-dealkylation sites (tertiary alicyclic amines) is 1. The second-order valence-electron chi connectivity index (χ2n) is 15.0. The maximum Gasteiger partial charge on any atom is 0.393 e. The number of halogens is 3. The zero-order valence-electron chi connectivity index (χ0n) is 27.6. The Balaban J connectivity index is 0.958. The molecule has 5 heterocycles. The summed E-state index contributed by atoms with van der Waals surface area (Å²) in [4.78, 5) is 26.9. The fourth-order valence-electron chi connectivity index (χ4n) is 9.39. The van der Waals surface area contributed by atoms with Crippen LogP contribution in [0.4, 0.5) is 19.0 Å². The van der Waals surface area contributed by atoms with Crippen molar-refractivity contribution in [3.8, 4) is 6.07 Å². The first kappa shape index (κ1) is 31.6. The lowest BCUT2D eigenvalue weighted by molar-refractivity contribution is -0.171. The zero-order valence-corrected chi connectivity index (χ0v) is 28.4. The maximum absolute atomic E-state index is 13.1. The van der Waals surface area contributed by atoms with Crippen molar-refractivity contribution in [2.45, 2.75) is 84.1 Å². The lowest BCUT2D eigenvalue weighted by atomic mass is 9.39. The molecule has 2 bridgehead atoms. The summed E-state index contributed by atoms with van der Waals surface area (Å²) < 4.78 is 41.6. The first-order valence-corrected chi connectivity index (χ1v) is 17.8. The molecule has 2 unspecified atom stereocenters. The molecule has 0 spiro atoms. The smallest absolute Gasteiger partial charge is 0.356 e. The fraction of sp³-hybridized carbons (Fsp3) is 0.556. The molecule has 12 heteroatoms. The van der Waals surface area contributed by atoms with Crippen LogP contribution in [0.3, 0.4) is 0 Å². The van der Waals surface area contributed by atoms with Gasteiger partial charge in [-0.25, -0.2) is 9.97 Å². The minimum absolute atomic E-state index is 0.0279. The molecule has 3 aliphatic carbocycles. The number of benzene rings is 1. The second-order valence-corrected chi connectivity index (χ2v) is 16.1. The molecule has 3 saturated carbocycles. The molecule has 3 aromatic heterocycles. The maximum atomic E-state index is 13.1. The minimum atomic E-state index is -4.25. The van der Waals surface area contributed by atoms with Gasteiger partial charge in [-0.3, -0.25) is 9.69 Å². The first-order valence-electron chi connectivity index (χ1n) is 17.0. The van der Waals surface area contributed by atoms with Gasteiger partial charge >= 0.3 is 6.18 Å². The molecular weight excluding hydrogens is 636 g/mol. The Labute approximate surface area is 281 Å². The van der Waals surface area contributed by atoms with E-state index in [-0.39, 0.29) is 21.7 Å². The summed E-state index contributed by atoms with van der Waals surface area (Å²) in [5.74, 6) is 2.48. The highest BCUT2D eigenvalue weighted by Gasteiger charge is 2.68. The Morgan fingerprint density at radius 1 is 1.10 bits per heavy atom. The quantitative estimate of drug-likeness (QED) is 0.225. The molecule has 48 heavy (non-hydrogen) atoms. The van der Waals surface area contributed by atoms with Crippen LogP contribution in [0.25, 0.3) is 21.1 Å². The number of carbonyl (C=O) groups is 1. The van der Waals surface area contributed by atoms with Crippen LogP contribution in [0.5, 0.6) is 0 Å². The summed E-state index contributed by atoms with van der Waals surface area (Å²) in [6.07, 6.45) is -0.727. The SMILES string of the molecule is CCC(=O)NC12CC(Cn3c(C#N)cc4c(C)c(CN5CC6CCN(c7nc(C)nc8sc(CC(F)(F)F)cc78)CC6C5)ccc43)(C1)C2. The Hall–Kier alpha value is -3.69. The van der Waals surface area contributed by atoms with E-state index in [1.165, 1.54) is 11.1 Å². The Bertz CT molecular complexity index is 1970. The van der Waals surface area contributed by atoms with Gasteiger partial charge in [0.15, 0.2) is 0 Å². The van der Waals surface area contributed by atoms with E-state index in [4.69, 9.17) is 4.98 Å². The van der Waals surface area contributed by atoms with Gasteiger partial charge in [-0.15, -0.1) is 11.3 Å². The van der Waals surface area contributed by atoms with Crippen molar-refractivity contribution >= 4 is 44.2 Å². The van der Waals surface area contributed by atoms with Crippen molar-refractivity contribution in [2.75, 3.05) is 31.1 Å². The predicted octanol–water partition coefficient (Wildman–Crippen LogP) is 6.65. The molecule has 8 nitrogen and oxygen atoms in total. The summed E-state index contributed by atoms with van der Waals surface area (Å²) in [7, 11) is 0. The summed E-state index contributed by atoms with van der Waals surface area (Å²) in [5.41, 5.74) is 4.42. The van der Waals surface area contributed by atoms with Gasteiger partial charge in [0, 0.05) is 67.0 Å². The Kier molecular flexibility index (Phi) is 7.35. The largest absolute Gasteiger partial charge is 0.393 e. The molecule has 252 valence electrons. The van der Waals surface area contributed by atoms with E-state index in [1.807, 2.05) is 19.9 Å². The van der Waals surface area contributed by atoms with E-state index in [1.54, 1.807) is 6.07 Å². The molecule has 2 atom stereocenters. The summed E-state index contributed by atoms with van der Waals surface area (Å²) >= 11 is 1.12. The summed E-state index contributed by atoms with van der Waals surface area (Å²) in [5, 5.41) is 15.1. The molecule has 0 radical (unpaired) electrons. The van der Waals surface area contributed by atoms with E-state index in [9.17, 15) is 23.2 Å². The van der Waals surface area contributed by atoms with Crippen molar-refractivity contribution in [1.29, 1.82) is 5.26 Å². The van der Waals surface area contributed by atoms with Crippen molar-refractivity contribution in [3.05, 3.63) is 51.8 Å². The van der Waals surface area contributed by atoms with Crippen molar-refractivity contribution < 1.29 is 18.0 Å². The second kappa shape index (κ2) is 11.2. The van der Waals surface area contributed by atoms with E-state index >= 15 is 0 Å². The third kappa shape index (κ3) is 5.43. The molecule has 2 aliphatic heterocycles. The number of anilines is 1. The van der Waals surface area contributed by atoms with Crippen molar-refractivity contribution in [1.82, 2.24) is 24.8 Å². The standard InChI is InChI=1S/C36H40F3N7OS/c1-4-31(47)43-35-17-34(18-35,19-35)20-46-26(12-40)9-28-21(2)23(5-6-30(28)46)13-44-14-24-7-8-45(16-25(24)15-44)32-29-10-27(11-36(37,38)39)48-33(29)42-22(3)41-32/h5-6,9-10,24-25H,4,7-8,11,13-20H2,1-3H3,(H,43,47). The number of aromatic nitrogens is 3. The van der Waals surface area contributed by atoms with E-state index in [0.29, 0.717) is 34.6 Å². The van der Waals surface area contributed by atoms with Gasteiger partial charge in [0.25, 0.3) is 0 Å². The van der Waals surface area contributed by atoms with Gasteiger partial charge in [0.05, 0.1) is 11.8 Å². The average molecular weight is 676 g/mol. The molecule has 1 N–H and O–H groups in total. The van der Waals surface area contributed by atoms with Gasteiger partial charge in [0.1, 0.15) is 28.2 Å². The van der Waals surface area contributed by atoms with Gasteiger partial charge in [0.2, 0.25) is 5.91 Å². The Morgan fingerprint density at radius 2 is 1.88 bits per heavy atom. The number of fused-ring (bicyclic) bond motifs is 3. The number of nitrogens with zero attached hydrogens (tertiary/aromatic N) is 6. The number of amides is 1. The molecule has 1 amide bonds. The molecule has 5 aliphatic rings. The molecular formula is C36H40F3N7OS. The van der Waals surface area contributed by atoms with E-state index in [2.05, 4.69) is 49.8 Å². The number of hydrogen-bond donors (Lipinski definition) is 1. The normalized spacial score (nSPS) is 26.7. The van der Waals surface area contributed by atoms with Gasteiger partial charge < -0.3 is 14.8 Å². The number of hydrogen-bond acceptors (Lipinski definition) is 7. The zero-order chi connectivity index (χ0) is 33.6. The number of thiophene rings is 1. The first-order chi connectivity index (χ1) is 22.9. The molecule has 4 aromatic rings. The molecule has 5 fully saturated rings. The third-order valence-electron chi connectivity index (χ3n) is 11.4. The average Bonchev–Trinajstić information content (AvgIpc) is 3.69. The van der Waals surface area contributed by atoms with E-state index in [0.717, 1.165) is 98.4 Å². The van der Waals surface area contributed by atoms with Gasteiger partial charge in [-0.1, -0.05) is 13.0 Å². The number of carbonyl (C=O) groups excluding carboxylic acids is 1. The highest BCUT2D eigenvalue weighted by atomic mass is 32.1. The van der Waals surface area contributed by atoms with Crippen LogP contribution >= 0.6 is 11.3 Å². The molecule has 9 rings (SSSR count). The van der Waals surface area contributed by atoms with Crippen LogP contribution in [0.1, 0.15) is 66.6 Å². The number of nitriles is 1. The number of piperidine rings is 1. The lowest BCUT2D eigenvalue weighted by Crippen LogP contribution is -2.75. The summed E-state index contributed by atoms with van der Waals surface area (Å²) in [6.45, 7) is 11.1. The van der Waals surface area contributed by atoms with Gasteiger partial charge in [-0.2, -0.15) is 18.4 Å². The number of aryl methyl sites for hydroxylation is 2. The van der Waals surface area contributed by atoms with Gasteiger partial charge in [-0.05, 0) is 86.1 Å². The number of nitrogens with one attached hydrogen (secondary N) is 1. The van der Waals surface area contributed by atoms with Crippen LogP contribution in [-0.4, -0.2) is 63.2 Å². The van der Waals surface area contributed by atoms with E-state index < -0.39 is 12.6 Å². The minimum Gasteiger partial charge on any atom is -0.356 e. The fourth-order valence-corrected chi connectivity index (χ4v) is 10.5. The number of alkyl halides is 3. The monoisotopic (exact) mass is 675 g/mol. The highest BCUT2D eigenvalue weighted by Crippen LogP contribution is 2.68. The van der Waals surface area contributed by atoms with Crippen molar-refractivity contribution in [3.63, 3.8) is 0 Å². The Morgan fingerprint density at radius 3 is 2.60 bits per heavy atom. The summed E-state index contributed by atoms with van der Waals surface area (Å²) in [6, 6.07) is 10.5. The van der Waals surface area contributed by atoms with Crippen LogP contribution < -0.4 is 10.2 Å².